The minimum atomic E-state index is -4.41. The molecule has 1 N–H and O–H groups in total. The largest absolute Gasteiger partial charge is 0.397 e. The van der Waals surface area contributed by atoms with Gasteiger partial charge in [-0.15, -0.1) is 0 Å². The predicted molar refractivity (Wildman–Crippen MR) is 112 cm³/mol. The van der Waals surface area contributed by atoms with E-state index in [1.54, 1.807) is 0 Å². The number of hydrogen-bond donors (Lipinski definition) is 1. The van der Waals surface area contributed by atoms with Crippen LogP contribution in [0.15, 0.2) is 12.2 Å². The van der Waals surface area contributed by atoms with Gasteiger partial charge in [0.2, 0.25) is 0 Å². The fourth-order valence-corrected chi connectivity index (χ4v) is 3.61. The smallest absolute Gasteiger partial charge is 0.350 e. The minimum absolute atomic E-state index is 0.207. The molecule has 7 heteroatoms. The van der Waals surface area contributed by atoms with Crippen LogP contribution in [0, 0.1) is 0 Å². The van der Waals surface area contributed by atoms with Crippen LogP contribution in [-0.4, -0.2) is 38.6 Å². The summed E-state index contributed by atoms with van der Waals surface area (Å²) in [5.41, 5.74) is 0. The van der Waals surface area contributed by atoms with Crippen LogP contribution in [0.4, 0.5) is 0 Å². The van der Waals surface area contributed by atoms with Crippen LogP contribution in [0.3, 0.4) is 0 Å². The fourth-order valence-electron chi connectivity index (χ4n) is 3.29. The standard InChI is InChI=1S/C21H40O6S/c1-2-3-4-5-6-7-8-9-10-11-12-13-14-15-16-17-21-25-18-20(27-21)19-26-28(22,23)24/h9-10,20-21H,2-8,11-19H2,1H3,(H,22,23,24). The van der Waals surface area contributed by atoms with Crippen molar-refractivity contribution in [1.82, 2.24) is 0 Å². The van der Waals surface area contributed by atoms with E-state index < -0.39 is 16.5 Å². The Kier molecular flexibility index (Phi) is 14.9. The first kappa shape index (κ1) is 25.6. The molecular weight excluding hydrogens is 380 g/mol. The van der Waals surface area contributed by atoms with Crippen LogP contribution in [0.5, 0.6) is 0 Å². The van der Waals surface area contributed by atoms with Crippen molar-refractivity contribution in [1.29, 1.82) is 0 Å². The monoisotopic (exact) mass is 420 g/mol. The van der Waals surface area contributed by atoms with Gasteiger partial charge in [-0.05, 0) is 38.5 Å². The number of ether oxygens (including phenoxy) is 2. The molecular formula is C21H40O6S. The SMILES string of the molecule is CCCCCCCCC=CCCCCCCCC1OCC(COS(=O)(=O)O)O1. The van der Waals surface area contributed by atoms with E-state index in [0.29, 0.717) is 6.61 Å². The van der Waals surface area contributed by atoms with E-state index in [9.17, 15) is 8.42 Å². The van der Waals surface area contributed by atoms with Crippen LogP contribution in [0.25, 0.3) is 0 Å². The number of hydrogen-bond acceptors (Lipinski definition) is 5. The van der Waals surface area contributed by atoms with Crippen LogP contribution in [0.2, 0.25) is 0 Å². The predicted octanol–water partition coefficient (Wildman–Crippen LogP) is 5.58. The van der Waals surface area contributed by atoms with Gasteiger partial charge in [-0.2, -0.15) is 8.42 Å². The summed E-state index contributed by atoms with van der Waals surface area (Å²) in [6, 6.07) is 0. The normalized spacial score (nSPS) is 20.4. The van der Waals surface area contributed by atoms with Crippen molar-refractivity contribution in [3.05, 3.63) is 12.2 Å². The summed E-state index contributed by atoms with van der Waals surface area (Å²) >= 11 is 0. The second kappa shape index (κ2) is 16.3. The average molecular weight is 421 g/mol. The summed E-state index contributed by atoms with van der Waals surface area (Å²) in [4.78, 5) is 0. The Morgan fingerprint density at radius 1 is 0.929 bits per heavy atom. The molecule has 0 aromatic heterocycles. The van der Waals surface area contributed by atoms with Crippen molar-refractivity contribution in [2.75, 3.05) is 13.2 Å². The van der Waals surface area contributed by atoms with Gasteiger partial charge < -0.3 is 9.47 Å². The number of allylic oxidation sites excluding steroid dienone is 2. The van der Waals surface area contributed by atoms with E-state index in [1.165, 1.54) is 70.6 Å². The molecule has 1 heterocycles. The van der Waals surface area contributed by atoms with E-state index in [4.69, 9.17) is 14.0 Å². The maximum absolute atomic E-state index is 10.5. The molecule has 1 aliphatic rings. The van der Waals surface area contributed by atoms with Gasteiger partial charge in [0.25, 0.3) is 0 Å². The topological polar surface area (TPSA) is 82.1 Å². The summed E-state index contributed by atoms with van der Waals surface area (Å²) in [6.07, 6.45) is 21.2. The average Bonchev–Trinajstić information content (AvgIpc) is 3.10. The molecule has 0 aromatic carbocycles. The van der Waals surface area contributed by atoms with Gasteiger partial charge in [-0.1, -0.05) is 70.4 Å². The molecule has 28 heavy (non-hydrogen) atoms. The Bertz CT molecular complexity index is 491. The highest BCUT2D eigenvalue weighted by Crippen LogP contribution is 2.19. The molecule has 0 aliphatic carbocycles. The summed E-state index contributed by atoms with van der Waals surface area (Å²) in [6.45, 7) is 2.35. The zero-order valence-corrected chi connectivity index (χ0v) is 18.3. The fraction of sp³-hybridized carbons (Fsp3) is 0.905. The summed E-state index contributed by atoms with van der Waals surface area (Å²) < 4.78 is 44.9. The van der Waals surface area contributed by atoms with Crippen molar-refractivity contribution in [2.45, 2.75) is 109 Å². The molecule has 0 bridgehead atoms. The second-order valence-corrected chi connectivity index (χ2v) is 8.70. The van der Waals surface area contributed by atoms with Crippen LogP contribution >= 0.6 is 0 Å². The summed E-state index contributed by atoms with van der Waals surface area (Å²) in [5, 5.41) is 0. The molecule has 1 rings (SSSR count). The summed E-state index contributed by atoms with van der Waals surface area (Å²) in [5.74, 6) is 0. The molecule has 0 amide bonds. The van der Waals surface area contributed by atoms with Crippen LogP contribution in [0.1, 0.15) is 96.8 Å². The van der Waals surface area contributed by atoms with E-state index in [0.717, 1.165) is 19.3 Å². The second-order valence-electron chi connectivity index (χ2n) is 7.61. The molecule has 2 atom stereocenters. The zero-order chi connectivity index (χ0) is 20.5. The van der Waals surface area contributed by atoms with E-state index in [2.05, 4.69) is 23.3 Å². The maximum atomic E-state index is 10.5. The zero-order valence-electron chi connectivity index (χ0n) is 17.5. The highest BCUT2D eigenvalue weighted by molar-refractivity contribution is 7.80. The molecule has 0 saturated carbocycles. The molecule has 1 saturated heterocycles. The Hall–Kier alpha value is -0.470. The van der Waals surface area contributed by atoms with Crippen molar-refractivity contribution < 1.29 is 26.6 Å². The lowest BCUT2D eigenvalue weighted by Crippen LogP contribution is -2.21. The van der Waals surface area contributed by atoms with E-state index in [-0.39, 0.29) is 12.9 Å². The van der Waals surface area contributed by atoms with Crippen molar-refractivity contribution >= 4 is 10.4 Å². The van der Waals surface area contributed by atoms with Gasteiger partial charge in [0.15, 0.2) is 6.29 Å². The molecule has 1 aliphatic heterocycles. The molecule has 0 spiro atoms. The van der Waals surface area contributed by atoms with Crippen molar-refractivity contribution in [2.24, 2.45) is 0 Å². The number of rotatable bonds is 18. The number of unbranched alkanes of at least 4 members (excludes halogenated alkanes) is 11. The Morgan fingerprint density at radius 3 is 2.11 bits per heavy atom. The van der Waals surface area contributed by atoms with E-state index >= 15 is 0 Å². The van der Waals surface area contributed by atoms with Gasteiger partial charge in [0.05, 0.1) is 13.2 Å². The van der Waals surface area contributed by atoms with Crippen LogP contribution < -0.4 is 0 Å². The Morgan fingerprint density at radius 2 is 1.50 bits per heavy atom. The molecule has 1 fully saturated rings. The molecule has 2 unspecified atom stereocenters. The Labute approximate surface area is 172 Å². The van der Waals surface area contributed by atoms with Gasteiger partial charge in [0, 0.05) is 0 Å². The highest BCUT2D eigenvalue weighted by atomic mass is 32.3. The molecule has 6 nitrogen and oxygen atoms in total. The molecule has 0 aromatic rings. The molecule has 0 radical (unpaired) electrons. The lowest BCUT2D eigenvalue weighted by molar-refractivity contribution is -0.0688. The lowest BCUT2D eigenvalue weighted by atomic mass is 10.1. The maximum Gasteiger partial charge on any atom is 0.397 e. The quantitative estimate of drug-likeness (QED) is 0.177. The van der Waals surface area contributed by atoms with Gasteiger partial charge in [-0.3, -0.25) is 4.55 Å². The van der Waals surface area contributed by atoms with Crippen LogP contribution in [-0.2, 0) is 24.1 Å². The first-order valence-corrected chi connectivity index (χ1v) is 12.4. The third-order valence-electron chi connectivity index (χ3n) is 4.92. The van der Waals surface area contributed by atoms with Gasteiger partial charge in [-0.25, -0.2) is 4.18 Å². The molecule has 166 valence electrons. The summed E-state index contributed by atoms with van der Waals surface area (Å²) in [7, 11) is -4.41. The Balaban J connectivity index is 1.84. The third kappa shape index (κ3) is 15.5. The highest BCUT2D eigenvalue weighted by Gasteiger charge is 2.27. The van der Waals surface area contributed by atoms with Crippen molar-refractivity contribution in [3.63, 3.8) is 0 Å². The van der Waals surface area contributed by atoms with Gasteiger partial charge >= 0.3 is 10.4 Å². The van der Waals surface area contributed by atoms with Crippen molar-refractivity contribution in [3.8, 4) is 0 Å². The third-order valence-corrected chi connectivity index (χ3v) is 5.35. The van der Waals surface area contributed by atoms with Gasteiger partial charge in [0.1, 0.15) is 6.10 Å². The first-order valence-electron chi connectivity index (χ1n) is 11.0. The first-order chi connectivity index (χ1) is 13.5. The lowest BCUT2D eigenvalue weighted by Gasteiger charge is -2.10. The minimum Gasteiger partial charge on any atom is -0.350 e. The van der Waals surface area contributed by atoms with E-state index in [1.807, 2.05) is 0 Å².